The SMILES string of the molecule is Cc1c(-c2[nH]c3sc([C@@H]4CC5CC4CN5CC(=O)N(C)Cc4nc5c(C)c(C)c(-c6[nH]c7sc([C@@H]8CC9CC8CN9CC(=O)NC8CC8)c(C)c7c6C(C)C)cn5n4)c(C)c3c2C(C)C)cn2ncnc2c1C. The molecule has 8 aromatic rings. The Kier molecular flexibility index (Phi) is 11.2. The molecule has 14 nitrogen and oxygen atoms in total. The molecule has 4 bridgehead atoms. The Labute approximate surface area is 435 Å². The van der Waals surface area contributed by atoms with Gasteiger partial charge in [-0.2, -0.15) is 5.10 Å². The Morgan fingerprint density at radius 2 is 1.25 bits per heavy atom. The largest absolute Gasteiger partial charge is 0.352 e. The maximum atomic E-state index is 14.0. The zero-order valence-electron chi connectivity index (χ0n) is 44.4. The van der Waals surface area contributed by atoms with Crippen LogP contribution in [0.1, 0.15) is 150 Å². The number of amides is 2. The maximum Gasteiger partial charge on any atom is 0.236 e. The van der Waals surface area contributed by atoms with Crippen molar-refractivity contribution in [3.8, 4) is 22.5 Å². The highest BCUT2D eigenvalue weighted by Crippen LogP contribution is 2.55. The van der Waals surface area contributed by atoms with Gasteiger partial charge in [0.2, 0.25) is 11.8 Å². The van der Waals surface area contributed by atoms with Gasteiger partial charge in [-0.25, -0.2) is 19.0 Å². The number of fused-ring (bicyclic) bond motifs is 8. The van der Waals surface area contributed by atoms with E-state index in [0.717, 1.165) is 73.2 Å². The maximum absolute atomic E-state index is 14.0. The zero-order chi connectivity index (χ0) is 50.6. The number of nitrogens with zero attached hydrogens (tertiary/aromatic N) is 9. The van der Waals surface area contributed by atoms with Gasteiger partial charge in [-0.05, 0) is 160 Å². The second-order valence-corrected chi connectivity index (χ2v) is 25.7. The summed E-state index contributed by atoms with van der Waals surface area (Å²) in [5, 5.41) is 15.5. The molecular weight excluding hydrogens is 949 g/mol. The summed E-state index contributed by atoms with van der Waals surface area (Å²) >= 11 is 3.90. The number of aromatic nitrogens is 8. The number of likely N-dealkylation sites (tertiary alicyclic amines) is 2. The van der Waals surface area contributed by atoms with E-state index < -0.39 is 0 Å². The normalized spacial score (nSPS) is 23.2. The highest BCUT2D eigenvalue weighted by Gasteiger charge is 2.48. The summed E-state index contributed by atoms with van der Waals surface area (Å²) in [4.78, 5) is 56.4. The molecule has 8 aromatic heterocycles. The van der Waals surface area contributed by atoms with Crippen LogP contribution in [-0.2, 0) is 16.1 Å². The number of likely N-dealkylation sites (N-methyl/N-ethyl adjacent to an activating group) is 1. The molecule has 0 spiro atoms. The topological polar surface area (TPSA) is 148 Å². The second kappa shape index (κ2) is 17.3. The van der Waals surface area contributed by atoms with E-state index in [4.69, 9.17) is 10.1 Å². The van der Waals surface area contributed by atoms with E-state index in [9.17, 15) is 9.59 Å². The quantitative estimate of drug-likeness (QED) is 0.103. The molecule has 2 saturated heterocycles. The van der Waals surface area contributed by atoms with Gasteiger partial charge in [0.15, 0.2) is 17.1 Å². The molecule has 13 rings (SSSR count). The van der Waals surface area contributed by atoms with Crippen molar-refractivity contribution >= 4 is 66.2 Å². The Morgan fingerprint density at radius 3 is 1.77 bits per heavy atom. The molecule has 3 N–H and O–H groups in total. The lowest BCUT2D eigenvalue weighted by Gasteiger charge is -2.32. The first kappa shape index (κ1) is 47.3. The van der Waals surface area contributed by atoms with Crippen LogP contribution < -0.4 is 5.32 Å². The molecule has 4 unspecified atom stereocenters. The number of thiophene rings is 2. The Morgan fingerprint density at radius 1 is 0.712 bits per heavy atom. The van der Waals surface area contributed by atoms with Crippen LogP contribution in [0.25, 0.3) is 54.2 Å². The third kappa shape index (κ3) is 7.57. The first-order valence-corrected chi connectivity index (χ1v) is 28.6. The van der Waals surface area contributed by atoms with E-state index in [1.54, 1.807) is 6.33 Å². The number of rotatable bonds is 13. The lowest BCUT2D eigenvalue weighted by atomic mass is 9.88. The minimum absolute atomic E-state index is 0.114. The molecule has 2 aliphatic heterocycles. The van der Waals surface area contributed by atoms with Crippen molar-refractivity contribution in [3.63, 3.8) is 0 Å². The van der Waals surface area contributed by atoms with Crippen LogP contribution in [0.3, 0.4) is 0 Å². The molecule has 10 heterocycles. The molecule has 3 aliphatic carbocycles. The van der Waals surface area contributed by atoms with Crippen LogP contribution in [0.5, 0.6) is 0 Å². The number of carbonyl (C=O) groups is 2. The molecule has 0 radical (unpaired) electrons. The van der Waals surface area contributed by atoms with E-state index in [2.05, 4.69) is 117 Å². The lowest BCUT2D eigenvalue weighted by molar-refractivity contribution is -0.132. The van der Waals surface area contributed by atoms with Crippen LogP contribution >= 0.6 is 22.7 Å². The summed E-state index contributed by atoms with van der Waals surface area (Å²) in [6.07, 6.45) is 12.7. The Balaban J connectivity index is 0.686. The number of nitrogens with one attached hydrogen (secondary N) is 3. The molecule has 5 fully saturated rings. The summed E-state index contributed by atoms with van der Waals surface area (Å²) in [6, 6.07) is 1.31. The van der Waals surface area contributed by atoms with E-state index in [0.29, 0.717) is 79.1 Å². The smallest absolute Gasteiger partial charge is 0.236 e. The fraction of sp³-hybridized carbons (Fsp3) is 0.544. The number of pyridine rings is 2. The number of aromatic amines is 2. The minimum atomic E-state index is 0.114. The van der Waals surface area contributed by atoms with E-state index in [-0.39, 0.29) is 11.8 Å². The van der Waals surface area contributed by atoms with Gasteiger partial charge in [-0.1, -0.05) is 27.7 Å². The molecule has 3 saturated carbocycles. The third-order valence-corrected chi connectivity index (χ3v) is 21.1. The number of hydrogen-bond donors (Lipinski definition) is 3. The molecule has 382 valence electrons. The van der Waals surface area contributed by atoms with E-state index >= 15 is 0 Å². The molecule has 73 heavy (non-hydrogen) atoms. The van der Waals surface area contributed by atoms with Crippen molar-refractivity contribution in [2.75, 3.05) is 33.2 Å². The van der Waals surface area contributed by atoms with Crippen LogP contribution in [-0.4, -0.2) is 117 Å². The predicted molar refractivity (Wildman–Crippen MR) is 292 cm³/mol. The summed E-state index contributed by atoms with van der Waals surface area (Å²) in [5.74, 6) is 3.83. The molecule has 0 aromatic carbocycles. The molecule has 16 heteroatoms. The van der Waals surface area contributed by atoms with Gasteiger partial charge in [0.05, 0.1) is 31.0 Å². The van der Waals surface area contributed by atoms with Gasteiger partial charge < -0.3 is 20.2 Å². The molecule has 5 aliphatic rings. The average molecular weight is 1020 g/mol. The van der Waals surface area contributed by atoms with Crippen molar-refractivity contribution in [1.29, 1.82) is 0 Å². The highest BCUT2D eigenvalue weighted by atomic mass is 32.1. The van der Waals surface area contributed by atoms with Crippen molar-refractivity contribution in [1.82, 2.24) is 59.2 Å². The first-order valence-electron chi connectivity index (χ1n) is 27.0. The van der Waals surface area contributed by atoms with Crippen molar-refractivity contribution in [2.24, 2.45) is 11.8 Å². The lowest BCUT2D eigenvalue weighted by Crippen LogP contribution is -2.42. The van der Waals surface area contributed by atoms with Gasteiger partial charge in [0, 0.05) is 82.3 Å². The highest BCUT2D eigenvalue weighted by molar-refractivity contribution is 7.19. The van der Waals surface area contributed by atoms with Crippen LogP contribution in [0, 0.1) is 53.4 Å². The Hall–Kier alpha value is -5.42. The summed E-state index contributed by atoms with van der Waals surface area (Å²) in [6.45, 7) is 25.9. The van der Waals surface area contributed by atoms with Gasteiger partial charge in [-0.3, -0.25) is 19.4 Å². The average Bonchev–Trinajstić information content (AvgIpc) is 4.18. The van der Waals surface area contributed by atoms with Gasteiger partial charge in [-0.15, -0.1) is 27.8 Å². The van der Waals surface area contributed by atoms with Crippen molar-refractivity contribution < 1.29 is 9.59 Å². The third-order valence-electron chi connectivity index (χ3n) is 18.4. The molecule has 2 amide bonds. The molecular formula is C57H70N12O2S2. The summed E-state index contributed by atoms with van der Waals surface area (Å²) < 4.78 is 3.84. The van der Waals surface area contributed by atoms with Crippen LogP contribution in [0.2, 0.25) is 0 Å². The van der Waals surface area contributed by atoms with E-state index in [1.807, 2.05) is 43.7 Å². The standard InChI is InChI=1S/C57H70N12O2S2/c1-26(2)46-48-32(9)53(73-56(48)62-50(46)41-20-68-54(58-25-59-68)30(7)28(41)5)40-17-38-15-35(40)19-67(38)24-45(71)65(11)22-43-61-55-31(8)29(6)42(21-69(55)64-43)51-47(27(3)4)49-33(10)52(72-57(49)63-51)39-16-37-14-34(39)18-66(37)23-44(70)60-36-12-13-36/h20-21,25-27,34-40,62-63H,12-19,22-24H2,1-11H3,(H,60,70)/t34?,35?,37?,38?,39-,40-/m1/s1. The van der Waals surface area contributed by atoms with Gasteiger partial charge >= 0.3 is 0 Å². The van der Waals surface area contributed by atoms with Crippen molar-refractivity contribution in [3.05, 3.63) is 78.8 Å². The number of aryl methyl sites for hydroxylation is 4. The minimum Gasteiger partial charge on any atom is -0.352 e. The summed E-state index contributed by atoms with van der Waals surface area (Å²) in [5.41, 5.74) is 16.7. The Bertz CT molecular complexity index is 3560. The van der Waals surface area contributed by atoms with Gasteiger partial charge in [0.25, 0.3) is 0 Å². The number of piperidine rings is 2. The predicted octanol–water partition coefficient (Wildman–Crippen LogP) is 10.6. The van der Waals surface area contributed by atoms with Crippen LogP contribution in [0.4, 0.5) is 0 Å². The molecule has 6 atom stereocenters. The number of hydrogen-bond acceptors (Lipinski definition) is 10. The monoisotopic (exact) mass is 1020 g/mol. The van der Waals surface area contributed by atoms with Crippen molar-refractivity contribution in [2.45, 2.75) is 156 Å². The number of H-pyrrole nitrogens is 2. The zero-order valence-corrected chi connectivity index (χ0v) is 46.0. The fourth-order valence-electron chi connectivity index (χ4n) is 14.3. The fourth-order valence-corrected chi connectivity index (χ4v) is 17.1. The van der Waals surface area contributed by atoms with Crippen LogP contribution in [0.15, 0.2) is 18.7 Å². The van der Waals surface area contributed by atoms with Gasteiger partial charge in [0.1, 0.15) is 16.0 Å². The summed E-state index contributed by atoms with van der Waals surface area (Å²) in [7, 11) is 1.90. The van der Waals surface area contributed by atoms with E-state index in [1.165, 1.54) is 86.9 Å². The number of carbonyl (C=O) groups excluding carboxylic acids is 2. The second-order valence-electron chi connectivity index (χ2n) is 23.6. The first-order chi connectivity index (χ1) is 35.0.